The Labute approximate surface area is 115 Å². The molecule has 0 aliphatic rings. The van der Waals surface area contributed by atoms with Crippen molar-refractivity contribution in [2.24, 2.45) is 0 Å². The Morgan fingerprint density at radius 3 is 2.16 bits per heavy atom. The van der Waals surface area contributed by atoms with Gasteiger partial charge in [0.1, 0.15) is 12.1 Å². The molecule has 1 N–H and O–H groups in total. The Morgan fingerprint density at radius 2 is 1.74 bits per heavy atom. The normalized spacial score (nSPS) is 12.4. The maximum Gasteiger partial charge on any atom is 0.302 e. The Balaban J connectivity index is 4.78. The van der Waals surface area contributed by atoms with E-state index in [1.807, 2.05) is 6.92 Å². The van der Waals surface area contributed by atoms with Crippen molar-refractivity contribution in [3.63, 3.8) is 0 Å². The second-order valence-electron chi connectivity index (χ2n) is 5.70. The zero-order valence-electron chi connectivity index (χ0n) is 12.7. The molecule has 0 aromatic heterocycles. The van der Waals surface area contributed by atoms with Crippen molar-refractivity contribution in [1.82, 2.24) is 10.4 Å². The molecule has 19 heavy (non-hydrogen) atoms. The van der Waals surface area contributed by atoms with Gasteiger partial charge in [-0.25, -0.2) is 0 Å². The summed E-state index contributed by atoms with van der Waals surface area (Å²) in [5.74, 6) is -0.782. The lowest BCUT2D eigenvalue weighted by Gasteiger charge is -2.40. The summed E-state index contributed by atoms with van der Waals surface area (Å²) in [4.78, 5) is 22.8. The van der Waals surface area contributed by atoms with Crippen LogP contribution in [-0.2, 0) is 19.5 Å². The molecule has 6 nitrogen and oxygen atoms in total. The number of hydroxylamine groups is 2. The van der Waals surface area contributed by atoms with Crippen molar-refractivity contribution < 1.29 is 19.5 Å². The molecule has 0 spiro atoms. The van der Waals surface area contributed by atoms with E-state index in [0.29, 0.717) is 11.6 Å². The number of hydrogen-bond acceptors (Lipinski definition) is 4. The van der Waals surface area contributed by atoms with Gasteiger partial charge in [-0.05, 0) is 34.1 Å². The van der Waals surface area contributed by atoms with Gasteiger partial charge in [-0.1, -0.05) is 6.92 Å². The van der Waals surface area contributed by atoms with E-state index in [1.54, 1.807) is 27.7 Å². The molecule has 1 radical (unpaired) electrons. The third-order valence-electron chi connectivity index (χ3n) is 2.78. The third kappa shape index (κ3) is 5.16. The standard InChI is InChI=1S/C13H25N2O4/c1-7-8-14-11(17)13(5,6)15(18)12(3,4)9-19-10(2)16/h7-9H2,1-6H3,(H,14,17). The number of nitrogens with zero attached hydrogens (tertiary/aromatic N) is 1. The molecule has 0 aromatic carbocycles. The lowest BCUT2D eigenvalue weighted by Crippen LogP contribution is -2.61. The first-order chi connectivity index (χ1) is 8.55. The molecular weight excluding hydrogens is 248 g/mol. The fourth-order valence-electron chi connectivity index (χ4n) is 1.64. The Hall–Kier alpha value is -1.14. The fraction of sp³-hybridized carbons (Fsp3) is 0.846. The van der Waals surface area contributed by atoms with Gasteiger partial charge in [-0.3, -0.25) is 9.59 Å². The third-order valence-corrected chi connectivity index (χ3v) is 2.78. The second kappa shape index (κ2) is 6.86. The predicted octanol–water partition coefficient (Wildman–Crippen LogP) is 1.28. The van der Waals surface area contributed by atoms with E-state index in [0.717, 1.165) is 6.42 Å². The summed E-state index contributed by atoms with van der Waals surface area (Å²) in [6, 6.07) is 0. The zero-order valence-corrected chi connectivity index (χ0v) is 12.7. The van der Waals surface area contributed by atoms with Crippen LogP contribution in [0.1, 0.15) is 48.0 Å². The molecule has 0 unspecified atom stereocenters. The topological polar surface area (TPSA) is 78.5 Å². The number of rotatable bonds is 7. The molecule has 0 aliphatic carbocycles. The van der Waals surface area contributed by atoms with E-state index in [1.165, 1.54) is 6.92 Å². The van der Waals surface area contributed by atoms with Gasteiger partial charge in [-0.15, -0.1) is 10.3 Å². The number of ether oxygens (including phenoxy) is 1. The largest absolute Gasteiger partial charge is 0.464 e. The minimum absolute atomic E-state index is 0.0592. The lowest BCUT2D eigenvalue weighted by molar-refractivity contribution is -0.272. The van der Waals surface area contributed by atoms with E-state index in [2.05, 4.69) is 5.32 Å². The van der Waals surface area contributed by atoms with Crippen molar-refractivity contribution in [2.75, 3.05) is 13.2 Å². The van der Waals surface area contributed by atoms with Crippen molar-refractivity contribution in [2.45, 2.75) is 59.0 Å². The summed E-state index contributed by atoms with van der Waals surface area (Å²) >= 11 is 0. The highest BCUT2D eigenvalue weighted by Crippen LogP contribution is 2.24. The number of hydrogen-bond donors (Lipinski definition) is 1. The highest BCUT2D eigenvalue weighted by Gasteiger charge is 2.44. The average molecular weight is 273 g/mol. The Bertz CT molecular complexity index is 327. The number of esters is 1. The van der Waals surface area contributed by atoms with Gasteiger partial charge >= 0.3 is 5.97 Å². The molecule has 0 fully saturated rings. The van der Waals surface area contributed by atoms with E-state index in [4.69, 9.17) is 4.74 Å². The highest BCUT2D eigenvalue weighted by atomic mass is 16.5. The molecule has 0 rings (SSSR count). The quantitative estimate of drug-likeness (QED) is 0.560. The Kier molecular flexibility index (Phi) is 6.45. The molecular formula is C13H25N2O4. The highest BCUT2D eigenvalue weighted by molar-refractivity contribution is 5.85. The van der Waals surface area contributed by atoms with E-state index < -0.39 is 17.0 Å². The van der Waals surface area contributed by atoms with Crippen molar-refractivity contribution in [1.29, 1.82) is 0 Å². The summed E-state index contributed by atoms with van der Waals surface area (Å²) in [7, 11) is 0. The minimum Gasteiger partial charge on any atom is -0.464 e. The van der Waals surface area contributed by atoms with Gasteiger partial charge < -0.3 is 10.1 Å². The molecule has 0 saturated heterocycles. The van der Waals surface area contributed by atoms with Crippen LogP contribution in [0.3, 0.4) is 0 Å². The fourth-order valence-corrected chi connectivity index (χ4v) is 1.64. The first-order valence-electron chi connectivity index (χ1n) is 6.45. The van der Waals surface area contributed by atoms with E-state index in [-0.39, 0.29) is 12.5 Å². The van der Waals surface area contributed by atoms with Gasteiger partial charge in [-0.2, -0.15) is 0 Å². The number of amides is 1. The summed E-state index contributed by atoms with van der Waals surface area (Å²) in [6.07, 6.45) is 0.803. The number of carbonyl (C=O) groups excluding carboxylic acids is 2. The van der Waals surface area contributed by atoms with Crippen LogP contribution in [0.4, 0.5) is 0 Å². The van der Waals surface area contributed by atoms with Crippen LogP contribution in [0, 0.1) is 0 Å². The molecule has 6 heteroatoms. The van der Waals surface area contributed by atoms with Crippen LogP contribution < -0.4 is 5.32 Å². The Morgan fingerprint density at radius 1 is 1.21 bits per heavy atom. The molecule has 111 valence electrons. The first kappa shape index (κ1) is 17.9. The van der Waals surface area contributed by atoms with Gasteiger partial charge in [0.15, 0.2) is 0 Å². The van der Waals surface area contributed by atoms with Gasteiger partial charge in [0.25, 0.3) is 0 Å². The molecule has 0 saturated carbocycles. The van der Waals surface area contributed by atoms with Crippen molar-refractivity contribution in [3.05, 3.63) is 0 Å². The summed E-state index contributed by atoms with van der Waals surface area (Å²) in [6.45, 7) is 10.1. The average Bonchev–Trinajstić information content (AvgIpc) is 2.32. The van der Waals surface area contributed by atoms with Crippen LogP contribution in [-0.4, -0.2) is 41.2 Å². The van der Waals surface area contributed by atoms with Crippen LogP contribution >= 0.6 is 0 Å². The summed E-state index contributed by atoms with van der Waals surface area (Å²) < 4.78 is 4.87. The SMILES string of the molecule is CCCNC(=O)C(C)(C)N([O])C(C)(C)COC(C)=O. The van der Waals surface area contributed by atoms with Gasteiger partial charge in [0.05, 0.1) is 5.54 Å². The maximum atomic E-state index is 12.4. The summed E-state index contributed by atoms with van der Waals surface area (Å²) in [5.41, 5.74) is -2.20. The molecule has 0 bridgehead atoms. The molecule has 0 aromatic rings. The van der Waals surface area contributed by atoms with Gasteiger partial charge in [0.2, 0.25) is 5.91 Å². The van der Waals surface area contributed by atoms with Gasteiger partial charge in [0, 0.05) is 13.5 Å². The monoisotopic (exact) mass is 273 g/mol. The number of carbonyl (C=O) groups is 2. The van der Waals surface area contributed by atoms with Crippen LogP contribution in [0.15, 0.2) is 0 Å². The molecule has 0 aliphatic heterocycles. The first-order valence-corrected chi connectivity index (χ1v) is 6.45. The second-order valence-corrected chi connectivity index (χ2v) is 5.70. The predicted molar refractivity (Wildman–Crippen MR) is 70.6 cm³/mol. The van der Waals surface area contributed by atoms with Crippen molar-refractivity contribution in [3.8, 4) is 0 Å². The lowest BCUT2D eigenvalue weighted by atomic mass is 9.96. The molecule has 1 amide bonds. The van der Waals surface area contributed by atoms with E-state index in [9.17, 15) is 14.8 Å². The van der Waals surface area contributed by atoms with Crippen molar-refractivity contribution >= 4 is 11.9 Å². The summed E-state index contributed by atoms with van der Waals surface area (Å²) in [5, 5.41) is 15.8. The minimum atomic E-state index is -1.22. The van der Waals surface area contributed by atoms with Crippen LogP contribution in [0.5, 0.6) is 0 Å². The molecule has 0 heterocycles. The van der Waals surface area contributed by atoms with Crippen LogP contribution in [0.2, 0.25) is 0 Å². The molecule has 0 atom stereocenters. The maximum absolute atomic E-state index is 12.4. The zero-order chi connectivity index (χ0) is 15.3. The number of nitrogens with one attached hydrogen (secondary N) is 1. The van der Waals surface area contributed by atoms with E-state index >= 15 is 0 Å². The van der Waals surface area contributed by atoms with Crippen LogP contribution in [0.25, 0.3) is 0 Å². The smallest absolute Gasteiger partial charge is 0.302 e.